The minimum atomic E-state index is -3.94. The van der Waals surface area contributed by atoms with Gasteiger partial charge < -0.3 is 29.1 Å². The van der Waals surface area contributed by atoms with E-state index >= 15 is 0 Å². The van der Waals surface area contributed by atoms with E-state index in [4.69, 9.17) is 18.9 Å². The van der Waals surface area contributed by atoms with Crippen molar-refractivity contribution in [2.75, 3.05) is 52.6 Å². The van der Waals surface area contributed by atoms with Gasteiger partial charge in [-0.3, -0.25) is 9.05 Å². The van der Waals surface area contributed by atoms with E-state index in [-0.39, 0.29) is 18.8 Å². The summed E-state index contributed by atoms with van der Waals surface area (Å²) in [5.41, 5.74) is -0.853. The topological polar surface area (TPSA) is 142 Å². The van der Waals surface area contributed by atoms with Crippen LogP contribution in [0.1, 0.15) is 48.5 Å². The number of carbonyl (C=O) groups excluding carboxylic acids is 1. The average molecular weight is 470 g/mol. The minimum Gasteiger partial charge on any atom is -0.545 e. The van der Waals surface area contributed by atoms with Crippen molar-refractivity contribution < 1.29 is 47.5 Å². The van der Waals surface area contributed by atoms with Crippen molar-refractivity contribution in [3.05, 3.63) is 11.6 Å². The predicted octanol–water partition coefficient (Wildman–Crippen LogP) is 1.83. The van der Waals surface area contributed by atoms with Crippen molar-refractivity contribution in [2.24, 2.45) is 5.41 Å². The Labute approximate surface area is 186 Å². The second-order valence-electron chi connectivity index (χ2n) is 7.78. The third-order valence-electron chi connectivity index (χ3n) is 4.82. The van der Waals surface area contributed by atoms with E-state index in [2.05, 4.69) is 20.8 Å². The molecular weight excluding hydrogens is 429 g/mol. The van der Waals surface area contributed by atoms with Gasteiger partial charge in [-0.1, -0.05) is 20.8 Å². The summed E-state index contributed by atoms with van der Waals surface area (Å²) < 4.78 is 27.3. The van der Waals surface area contributed by atoms with Crippen LogP contribution >= 0.6 is 7.82 Å². The molecule has 0 rings (SSSR count). The fourth-order valence-corrected chi connectivity index (χ4v) is 3.30. The van der Waals surface area contributed by atoms with Crippen molar-refractivity contribution in [1.29, 1.82) is 0 Å². The molecule has 0 aromatic carbocycles. The zero-order valence-electron chi connectivity index (χ0n) is 19.9. The van der Waals surface area contributed by atoms with Crippen LogP contribution < -0.4 is 5.11 Å². The number of aliphatic carboxylic acids is 2. The van der Waals surface area contributed by atoms with Gasteiger partial charge in [0.05, 0.1) is 38.8 Å². The molecule has 0 aliphatic carbocycles. The second-order valence-corrected chi connectivity index (χ2v) is 9.23. The SMILES string of the molecule is CC(C)(C)/C(=C/C(=O)[O-])C(=O)O.CCOCCOP(=O)(O)OCC[N+](CC)(CC)CC. The molecule has 10 nitrogen and oxygen atoms in total. The molecule has 0 radical (unpaired) electrons. The maximum atomic E-state index is 11.6. The number of nitrogens with zero attached hydrogens (tertiary/aromatic N) is 1. The fourth-order valence-electron chi connectivity index (χ4n) is 2.61. The lowest BCUT2D eigenvalue weighted by atomic mass is 9.86. The molecule has 11 heteroatoms. The first-order chi connectivity index (χ1) is 14.2. The van der Waals surface area contributed by atoms with Crippen LogP contribution in [0.25, 0.3) is 0 Å². The van der Waals surface area contributed by atoms with Crippen LogP contribution in [0, 0.1) is 5.41 Å². The van der Waals surface area contributed by atoms with E-state index < -0.39 is 25.2 Å². The summed E-state index contributed by atoms with van der Waals surface area (Å²) >= 11 is 0. The van der Waals surface area contributed by atoms with Crippen LogP contribution in [-0.4, -0.2) is 79.0 Å². The number of hydrogen-bond donors (Lipinski definition) is 2. The molecule has 0 fully saturated rings. The van der Waals surface area contributed by atoms with Gasteiger partial charge in [0.2, 0.25) is 0 Å². The summed E-state index contributed by atoms with van der Waals surface area (Å²) in [6, 6.07) is 0. The van der Waals surface area contributed by atoms with Gasteiger partial charge in [0.15, 0.2) is 0 Å². The van der Waals surface area contributed by atoms with Gasteiger partial charge in [0.25, 0.3) is 0 Å². The minimum absolute atomic E-state index is 0.0664. The van der Waals surface area contributed by atoms with Crippen molar-refractivity contribution in [1.82, 2.24) is 0 Å². The first-order valence-corrected chi connectivity index (χ1v) is 11.9. The molecule has 0 aliphatic rings. The molecule has 184 valence electrons. The van der Waals surface area contributed by atoms with Gasteiger partial charge in [-0.05, 0) is 39.2 Å². The molecule has 0 spiro atoms. The number of carboxylic acid groups (broad SMARTS) is 2. The molecule has 0 aromatic heterocycles. The Kier molecular flexibility index (Phi) is 15.9. The van der Waals surface area contributed by atoms with Crippen molar-refractivity contribution in [3.63, 3.8) is 0 Å². The Morgan fingerprint density at radius 3 is 1.81 bits per heavy atom. The zero-order chi connectivity index (χ0) is 24.7. The molecule has 1 unspecified atom stereocenters. The summed E-state index contributed by atoms with van der Waals surface area (Å²) in [5, 5.41) is 18.7. The summed E-state index contributed by atoms with van der Waals surface area (Å²) in [6.07, 6.45) is 0.613. The Bertz CT molecular complexity index is 602. The van der Waals surface area contributed by atoms with Gasteiger partial charge in [-0.25, -0.2) is 9.36 Å². The van der Waals surface area contributed by atoms with E-state index in [1.165, 1.54) is 0 Å². The molecule has 0 amide bonds. The van der Waals surface area contributed by atoms with Gasteiger partial charge in [0, 0.05) is 12.2 Å². The lowest BCUT2D eigenvalue weighted by Crippen LogP contribution is -2.49. The second kappa shape index (κ2) is 15.5. The van der Waals surface area contributed by atoms with Crippen LogP contribution in [0.3, 0.4) is 0 Å². The lowest BCUT2D eigenvalue weighted by molar-refractivity contribution is -0.923. The van der Waals surface area contributed by atoms with Crippen molar-refractivity contribution in [2.45, 2.75) is 48.5 Å². The van der Waals surface area contributed by atoms with Crippen LogP contribution in [0.5, 0.6) is 0 Å². The van der Waals surface area contributed by atoms with E-state index in [0.717, 1.165) is 24.1 Å². The number of phosphoric acid groups is 1. The van der Waals surface area contributed by atoms with E-state index in [9.17, 15) is 24.2 Å². The molecule has 0 saturated carbocycles. The molecule has 0 heterocycles. The number of carbonyl (C=O) groups is 2. The number of phosphoric ester groups is 1. The standard InChI is InChI=1S/C12H28NO5P.C8H12O4/c1-5-13(6-2,7-3)9-10-17-19(14,15)18-12-11-16-8-4;1-8(2,3)5(7(11)12)4-6(9)10/h5-12H2,1-4H3;4H,1-3H3,(H,9,10)(H,11,12)/b;5-4+. The fraction of sp³-hybridized carbons (Fsp3) is 0.800. The Hall–Kier alpha value is -1.29. The van der Waals surface area contributed by atoms with Gasteiger partial charge in [-0.2, -0.15) is 0 Å². The Balaban J connectivity index is 0. The third kappa shape index (κ3) is 15.2. The maximum absolute atomic E-state index is 11.6. The number of rotatable bonds is 14. The smallest absolute Gasteiger partial charge is 0.472 e. The van der Waals surface area contributed by atoms with Gasteiger partial charge in [-0.15, -0.1) is 0 Å². The van der Waals surface area contributed by atoms with Crippen molar-refractivity contribution >= 4 is 19.8 Å². The normalized spacial score (nSPS) is 14.4. The van der Waals surface area contributed by atoms with Gasteiger partial charge >= 0.3 is 13.8 Å². The quantitative estimate of drug-likeness (QED) is 0.169. The predicted molar refractivity (Wildman–Crippen MR) is 115 cm³/mol. The largest absolute Gasteiger partial charge is 0.545 e. The highest BCUT2D eigenvalue weighted by Crippen LogP contribution is 2.42. The van der Waals surface area contributed by atoms with Crippen LogP contribution in [0.2, 0.25) is 0 Å². The third-order valence-corrected chi connectivity index (χ3v) is 5.84. The van der Waals surface area contributed by atoms with Crippen LogP contribution in [-0.2, 0) is 27.9 Å². The van der Waals surface area contributed by atoms with E-state index in [1.54, 1.807) is 20.8 Å². The van der Waals surface area contributed by atoms with Crippen molar-refractivity contribution in [3.8, 4) is 0 Å². The zero-order valence-corrected chi connectivity index (χ0v) is 20.8. The highest BCUT2D eigenvalue weighted by Gasteiger charge is 2.25. The van der Waals surface area contributed by atoms with E-state index in [1.807, 2.05) is 6.92 Å². The Morgan fingerprint density at radius 2 is 1.48 bits per heavy atom. The number of ether oxygens (including phenoxy) is 1. The summed E-state index contributed by atoms with van der Waals surface area (Å²) in [4.78, 5) is 30.1. The first-order valence-electron chi connectivity index (χ1n) is 10.4. The summed E-state index contributed by atoms with van der Waals surface area (Å²) in [5.74, 6) is -2.71. The molecule has 2 N–H and O–H groups in total. The van der Waals surface area contributed by atoms with Gasteiger partial charge in [0.1, 0.15) is 13.2 Å². The van der Waals surface area contributed by atoms with Crippen LogP contribution in [0.4, 0.5) is 0 Å². The number of hydrogen-bond acceptors (Lipinski definition) is 7. The molecule has 0 bridgehead atoms. The number of quaternary nitrogens is 1. The monoisotopic (exact) mass is 469 g/mol. The maximum Gasteiger partial charge on any atom is 0.472 e. The Morgan fingerprint density at radius 1 is 1.00 bits per heavy atom. The molecule has 1 atom stereocenters. The highest BCUT2D eigenvalue weighted by atomic mass is 31.2. The highest BCUT2D eigenvalue weighted by molar-refractivity contribution is 7.47. The molecule has 31 heavy (non-hydrogen) atoms. The van der Waals surface area contributed by atoms with E-state index in [0.29, 0.717) is 25.8 Å². The number of likely N-dealkylation sites (N-methyl/N-ethyl adjacent to an activating group) is 1. The average Bonchev–Trinajstić information content (AvgIpc) is 2.66. The van der Waals surface area contributed by atoms with Crippen LogP contribution in [0.15, 0.2) is 11.6 Å². The molecule has 0 aliphatic heterocycles. The number of carboxylic acids is 2. The summed E-state index contributed by atoms with van der Waals surface area (Å²) in [6.45, 7) is 17.9. The summed E-state index contributed by atoms with van der Waals surface area (Å²) in [7, 11) is -3.94. The molecule has 0 saturated heterocycles. The first kappa shape index (κ1) is 31.9. The molecular formula is C20H40NO9P. The molecule has 0 aromatic rings. The lowest BCUT2D eigenvalue weighted by Gasteiger charge is -2.35.